The molecule has 1 amide bonds. The van der Waals surface area contributed by atoms with Crippen molar-refractivity contribution >= 4 is 44.8 Å². The van der Waals surface area contributed by atoms with Crippen LogP contribution < -0.4 is 5.32 Å². The fraction of sp³-hybridized carbons (Fsp3) is 0.200. The average molecular weight is 521 g/mol. The molecule has 0 aliphatic rings. The summed E-state index contributed by atoms with van der Waals surface area (Å²) >= 11 is 12.1. The second kappa shape index (κ2) is 8.98. The van der Waals surface area contributed by atoms with Crippen molar-refractivity contribution in [3.8, 4) is 5.69 Å². The van der Waals surface area contributed by atoms with Crippen LogP contribution in [0.15, 0.2) is 47.4 Å². The minimum absolute atomic E-state index is 0.0753. The third-order valence-electron chi connectivity index (χ3n) is 4.52. The first-order chi connectivity index (χ1) is 15.2. The predicted molar refractivity (Wildman–Crippen MR) is 119 cm³/mol. The van der Waals surface area contributed by atoms with Crippen molar-refractivity contribution in [1.29, 1.82) is 0 Å². The summed E-state index contributed by atoms with van der Waals surface area (Å²) in [6, 6.07) is 8.60. The number of hydrogen-bond donors (Lipinski definition) is 1. The lowest BCUT2D eigenvalue weighted by Gasteiger charge is -2.15. The summed E-state index contributed by atoms with van der Waals surface area (Å²) in [6.07, 6.45) is -4.59. The molecule has 176 valence electrons. The van der Waals surface area contributed by atoms with E-state index in [-0.39, 0.29) is 37.6 Å². The number of nitrogens with zero attached hydrogens (tertiary/aromatic N) is 3. The predicted octanol–water partition coefficient (Wildman–Crippen LogP) is 5.01. The summed E-state index contributed by atoms with van der Waals surface area (Å²) in [5.74, 6) is -0.731. The Morgan fingerprint density at radius 2 is 1.67 bits per heavy atom. The standard InChI is InChI=1S/C20H17Cl2F3N4O3S/c1-11-8-18(20(23,24)25)29(27-11)13-6-4-12(5-7-13)26-19(30)14-9-17(16(22)10-15(14)21)33(31,32)28(2)3/h4-10H,1-3H3,(H,26,30). The fourth-order valence-corrected chi connectivity index (χ4v) is 4.61. The second-order valence-corrected chi connectivity index (χ2v) is 10.1. The molecule has 1 aromatic heterocycles. The Hall–Kier alpha value is -2.60. The molecular formula is C20H17Cl2F3N4O3S. The van der Waals surface area contributed by atoms with E-state index in [1.54, 1.807) is 0 Å². The highest BCUT2D eigenvalue weighted by molar-refractivity contribution is 7.89. The lowest BCUT2D eigenvalue weighted by atomic mass is 10.2. The summed E-state index contributed by atoms with van der Waals surface area (Å²) in [6.45, 7) is 1.45. The van der Waals surface area contributed by atoms with Crippen molar-refractivity contribution in [3.63, 3.8) is 0 Å². The van der Waals surface area contributed by atoms with Crippen LogP contribution in [0.3, 0.4) is 0 Å². The molecule has 0 saturated carbocycles. The number of aryl methyl sites for hydroxylation is 1. The molecule has 3 aromatic rings. The van der Waals surface area contributed by atoms with Crippen LogP contribution in [0.4, 0.5) is 18.9 Å². The van der Waals surface area contributed by atoms with Gasteiger partial charge in [-0.1, -0.05) is 23.2 Å². The summed E-state index contributed by atoms with van der Waals surface area (Å²) in [5, 5.41) is 6.18. The average Bonchev–Trinajstić information content (AvgIpc) is 3.10. The molecule has 0 bridgehead atoms. The number of hydrogen-bond acceptors (Lipinski definition) is 4. The SMILES string of the molecule is Cc1cc(C(F)(F)F)n(-c2ccc(NC(=O)c3cc(S(=O)(=O)N(C)C)c(Cl)cc3Cl)cc2)n1. The Bertz CT molecular complexity index is 1320. The third-order valence-corrected chi connectivity index (χ3v) is 7.11. The molecule has 1 N–H and O–H groups in total. The summed E-state index contributed by atoms with van der Waals surface area (Å²) in [7, 11) is -1.32. The van der Waals surface area contributed by atoms with Crippen LogP contribution in [0.5, 0.6) is 0 Å². The molecule has 0 aliphatic carbocycles. The minimum atomic E-state index is -4.59. The van der Waals surface area contributed by atoms with Crippen molar-refractivity contribution in [1.82, 2.24) is 14.1 Å². The highest BCUT2D eigenvalue weighted by Crippen LogP contribution is 2.32. The molecule has 0 unspecified atom stereocenters. The van der Waals surface area contributed by atoms with E-state index in [0.29, 0.717) is 0 Å². The van der Waals surface area contributed by atoms with Gasteiger partial charge in [0, 0.05) is 19.8 Å². The molecule has 33 heavy (non-hydrogen) atoms. The summed E-state index contributed by atoms with van der Waals surface area (Å²) in [4.78, 5) is 12.4. The maximum Gasteiger partial charge on any atom is 0.433 e. The topological polar surface area (TPSA) is 84.3 Å². The molecule has 1 heterocycles. The van der Waals surface area contributed by atoms with E-state index in [0.717, 1.165) is 27.2 Å². The number of amides is 1. The molecule has 7 nitrogen and oxygen atoms in total. The van der Waals surface area contributed by atoms with E-state index in [1.807, 2.05) is 0 Å². The Morgan fingerprint density at radius 3 is 2.21 bits per heavy atom. The van der Waals surface area contributed by atoms with Crippen LogP contribution in [0.1, 0.15) is 21.7 Å². The number of sulfonamides is 1. The third kappa shape index (κ3) is 5.16. The van der Waals surface area contributed by atoms with Crippen LogP contribution in [-0.4, -0.2) is 42.5 Å². The van der Waals surface area contributed by atoms with Gasteiger partial charge in [0.05, 0.1) is 27.0 Å². The Labute approximate surface area is 197 Å². The molecule has 0 spiro atoms. The van der Waals surface area contributed by atoms with Crippen molar-refractivity contribution < 1.29 is 26.4 Å². The number of alkyl halides is 3. The number of aromatic nitrogens is 2. The first-order valence-corrected chi connectivity index (χ1v) is 11.4. The van der Waals surface area contributed by atoms with Gasteiger partial charge in [-0.05, 0) is 49.4 Å². The Balaban J connectivity index is 1.90. The molecule has 0 fully saturated rings. The number of benzene rings is 2. The Kier molecular flexibility index (Phi) is 6.81. The van der Waals surface area contributed by atoms with Crippen molar-refractivity contribution in [3.05, 3.63) is 69.5 Å². The molecule has 3 rings (SSSR count). The first kappa shape index (κ1) is 25.0. The van der Waals surface area contributed by atoms with Gasteiger partial charge in [0.15, 0.2) is 0 Å². The van der Waals surface area contributed by atoms with Gasteiger partial charge in [-0.25, -0.2) is 17.4 Å². The van der Waals surface area contributed by atoms with Gasteiger partial charge in [0.1, 0.15) is 10.6 Å². The molecule has 2 aromatic carbocycles. The van der Waals surface area contributed by atoms with Crippen LogP contribution in [0.25, 0.3) is 5.69 Å². The molecular weight excluding hydrogens is 504 g/mol. The van der Waals surface area contributed by atoms with E-state index in [2.05, 4.69) is 10.4 Å². The largest absolute Gasteiger partial charge is 0.433 e. The molecule has 0 saturated heterocycles. The summed E-state index contributed by atoms with van der Waals surface area (Å²) in [5.41, 5.74) is -0.505. The van der Waals surface area contributed by atoms with Gasteiger partial charge in [-0.2, -0.15) is 18.3 Å². The summed E-state index contributed by atoms with van der Waals surface area (Å²) < 4.78 is 66.3. The van der Waals surface area contributed by atoms with E-state index in [9.17, 15) is 26.4 Å². The monoisotopic (exact) mass is 520 g/mol. The van der Waals surface area contributed by atoms with Crippen molar-refractivity contribution in [2.75, 3.05) is 19.4 Å². The van der Waals surface area contributed by atoms with Crippen LogP contribution in [0, 0.1) is 6.92 Å². The first-order valence-electron chi connectivity index (χ1n) is 9.19. The maximum atomic E-state index is 13.2. The highest BCUT2D eigenvalue weighted by Gasteiger charge is 2.36. The van der Waals surface area contributed by atoms with Gasteiger partial charge < -0.3 is 5.32 Å². The van der Waals surface area contributed by atoms with Crippen LogP contribution in [-0.2, 0) is 16.2 Å². The number of carbonyl (C=O) groups is 1. The number of carbonyl (C=O) groups excluding carboxylic acids is 1. The van der Waals surface area contributed by atoms with Gasteiger partial charge in [-0.15, -0.1) is 0 Å². The molecule has 0 radical (unpaired) electrons. The zero-order chi connectivity index (χ0) is 24.7. The molecule has 0 aliphatic heterocycles. The normalized spacial score (nSPS) is 12.3. The number of rotatable bonds is 5. The van der Waals surface area contributed by atoms with E-state index >= 15 is 0 Å². The second-order valence-electron chi connectivity index (χ2n) is 7.13. The van der Waals surface area contributed by atoms with E-state index < -0.39 is 27.8 Å². The lowest BCUT2D eigenvalue weighted by molar-refractivity contribution is -0.142. The Morgan fingerprint density at radius 1 is 1.06 bits per heavy atom. The fourth-order valence-electron chi connectivity index (χ4n) is 2.88. The van der Waals surface area contributed by atoms with Gasteiger partial charge in [-0.3, -0.25) is 4.79 Å². The van der Waals surface area contributed by atoms with Gasteiger partial charge >= 0.3 is 6.18 Å². The number of halogens is 5. The molecule has 13 heteroatoms. The number of anilines is 1. The van der Waals surface area contributed by atoms with E-state index in [4.69, 9.17) is 23.2 Å². The highest BCUT2D eigenvalue weighted by atomic mass is 35.5. The zero-order valence-corrected chi connectivity index (χ0v) is 19.7. The van der Waals surface area contributed by atoms with Crippen molar-refractivity contribution in [2.24, 2.45) is 0 Å². The molecule has 0 atom stereocenters. The van der Waals surface area contributed by atoms with Crippen LogP contribution in [0.2, 0.25) is 10.0 Å². The van der Waals surface area contributed by atoms with Crippen molar-refractivity contribution in [2.45, 2.75) is 18.0 Å². The minimum Gasteiger partial charge on any atom is -0.322 e. The zero-order valence-electron chi connectivity index (χ0n) is 17.4. The van der Waals surface area contributed by atoms with Crippen LogP contribution >= 0.6 is 23.2 Å². The quantitative estimate of drug-likeness (QED) is 0.512. The van der Waals surface area contributed by atoms with Gasteiger partial charge in [0.2, 0.25) is 10.0 Å². The smallest absolute Gasteiger partial charge is 0.322 e. The van der Waals surface area contributed by atoms with E-state index in [1.165, 1.54) is 45.3 Å². The van der Waals surface area contributed by atoms with Gasteiger partial charge in [0.25, 0.3) is 5.91 Å². The lowest BCUT2D eigenvalue weighted by Crippen LogP contribution is -2.23. The number of nitrogens with one attached hydrogen (secondary N) is 1. The maximum absolute atomic E-state index is 13.2.